The molecule has 0 saturated carbocycles. The molecule has 1 amide bonds. The van der Waals surface area contributed by atoms with Gasteiger partial charge in [0.1, 0.15) is 29.2 Å². The van der Waals surface area contributed by atoms with E-state index >= 15 is 0 Å². The minimum atomic E-state index is -4.98. The summed E-state index contributed by atoms with van der Waals surface area (Å²) in [7, 11) is 0. The third-order valence-electron chi connectivity index (χ3n) is 6.00. The number of halogens is 8. The molecular weight excluding hydrogens is 624 g/mol. The Kier molecular flexibility index (Phi) is 10.1. The lowest BCUT2D eigenvalue weighted by Crippen LogP contribution is -2.23. The van der Waals surface area contributed by atoms with Gasteiger partial charge in [0.15, 0.2) is 5.69 Å². The molecule has 1 atom stereocenters. The summed E-state index contributed by atoms with van der Waals surface area (Å²) in [6.07, 6.45) is -8.43. The summed E-state index contributed by atoms with van der Waals surface area (Å²) in [5.74, 6) is -2.80. The molecule has 0 aliphatic rings. The van der Waals surface area contributed by atoms with Gasteiger partial charge in [-0.2, -0.15) is 13.2 Å². The number of benzene rings is 1. The fraction of sp³-hybridized carbons (Fsp3) is 0.346. The van der Waals surface area contributed by atoms with Gasteiger partial charge in [0.05, 0.1) is 24.9 Å². The highest BCUT2D eigenvalue weighted by Crippen LogP contribution is 2.27. The fourth-order valence-corrected chi connectivity index (χ4v) is 3.92. The van der Waals surface area contributed by atoms with E-state index in [1.807, 2.05) is 0 Å². The molecule has 3 aromatic heterocycles. The first kappa shape index (κ1) is 32.9. The third-order valence-corrected chi connectivity index (χ3v) is 6.00. The van der Waals surface area contributed by atoms with Crippen LogP contribution in [0.5, 0.6) is 5.75 Å². The number of ketones is 1. The van der Waals surface area contributed by atoms with Crippen LogP contribution in [0.3, 0.4) is 0 Å². The smallest absolute Gasteiger partial charge is 0.406 e. The number of pyridine rings is 1. The van der Waals surface area contributed by atoms with E-state index in [2.05, 4.69) is 35.7 Å². The van der Waals surface area contributed by atoms with Crippen LogP contribution in [0.4, 0.5) is 35.1 Å². The van der Waals surface area contributed by atoms with Crippen molar-refractivity contribution in [1.82, 2.24) is 40.3 Å². The lowest BCUT2D eigenvalue weighted by molar-refractivity contribution is -0.274. The topological polar surface area (TPSA) is 130 Å². The van der Waals surface area contributed by atoms with Crippen LogP contribution in [0.1, 0.15) is 39.4 Å². The number of hydrogen-bond donors (Lipinski definition) is 1. The largest absolute Gasteiger partial charge is 0.573 e. The zero-order valence-corrected chi connectivity index (χ0v) is 22.8. The first-order valence-electron chi connectivity index (χ1n) is 12.9. The summed E-state index contributed by atoms with van der Waals surface area (Å²) in [5, 5.41) is 17.4. The number of aromatic nitrogens is 7. The highest BCUT2D eigenvalue weighted by molar-refractivity contribution is 5.91. The van der Waals surface area contributed by atoms with Gasteiger partial charge >= 0.3 is 12.5 Å². The van der Waals surface area contributed by atoms with E-state index in [1.54, 1.807) is 0 Å². The second-order valence-corrected chi connectivity index (χ2v) is 9.61. The average molecular weight is 646 g/mol. The van der Waals surface area contributed by atoms with Gasteiger partial charge in [-0.25, -0.2) is 13.5 Å². The van der Waals surface area contributed by atoms with Crippen LogP contribution in [-0.2, 0) is 43.4 Å². The normalized spacial score (nSPS) is 12.6. The standard InChI is InChI=1S/C26H22F8N8O3/c27-17(5-6-41-14-22(38-40-41)24(44)36-11-15-1-4-23(35-10-15)25(29,30)31)12-42-13-18(37-39-42)9-19(43)7-16-8-20(2-3-21(16)28)45-26(32,33)34/h1-4,8,10,13-14,17H,5-7,9,11-12H2,(H,36,44). The molecule has 3 heterocycles. The molecule has 4 aromatic rings. The van der Waals surface area contributed by atoms with Crippen molar-refractivity contribution in [3.05, 3.63) is 82.9 Å². The van der Waals surface area contributed by atoms with Crippen LogP contribution in [0.2, 0.25) is 0 Å². The fourth-order valence-electron chi connectivity index (χ4n) is 3.92. The molecule has 4 rings (SSSR count). The van der Waals surface area contributed by atoms with E-state index in [0.29, 0.717) is 5.56 Å². The van der Waals surface area contributed by atoms with Gasteiger partial charge in [0.2, 0.25) is 0 Å². The highest BCUT2D eigenvalue weighted by Gasteiger charge is 2.32. The summed E-state index contributed by atoms with van der Waals surface area (Å²) in [6, 6.07) is 4.27. The number of Topliss-reactive ketones (excluding diaryl/α,β-unsaturated/α-hetero) is 1. The molecule has 11 nitrogen and oxygen atoms in total. The van der Waals surface area contributed by atoms with Crippen LogP contribution in [-0.4, -0.2) is 59.2 Å². The number of carbonyl (C=O) groups excluding carboxylic acids is 2. The molecule has 0 radical (unpaired) electrons. The summed E-state index contributed by atoms with van der Waals surface area (Å²) in [4.78, 5) is 28.0. The monoisotopic (exact) mass is 646 g/mol. The van der Waals surface area contributed by atoms with Crippen molar-refractivity contribution in [2.24, 2.45) is 0 Å². The Morgan fingerprint density at radius 1 is 0.956 bits per heavy atom. The van der Waals surface area contributed by atoms with Gasteiger partial charge < -0.3 is 10.1 Å². The van der Waals surface area contributed by atoms with Gasteiger partial charge in [-0.1, -0.05) is 16.5 Å². The van der Waals surface area contributed by atoms with Crippen molar-refractivity contribution in [2.75, 3.05) is 0 Å². The lowest BCUT2D eigenvalue weighted by atomic mass is 10.1. The molecule has 1 aromatic carbocycles. The van der Waals surface area contributed by atoms with Crippen LogP contribution >= 0.6 is 0 Å². The van der Waals surface area contributed by atoms with Crippen LogP contribution in [0.25, 0.3) is 0 Å². The molecular formula is C26H22F8N8O3. The second kappa shape index (κ2) is 13.8. The number of rotatable bonds is 13. The second-order valence-electron chi connectivity index (χ2n) is 9.61. The first-order chi connectivity index (χ1) is 21.1. The Balaban J connectivity index is 1.21. The molecule has 0 fully saturated rings. The number of amides is 1. The summed E-state index contributed by atoms with van der Waals surface area (Å²) in [6.45, 7) is -0.349. The zero-order valence-electron chi connectivity index (χ0n) is 22.8. The molecule has 0 saturated heterocycles. The molecule has 0 aliphatic heterocycles. The van der Waals surface area contributed by atoms with Crippen molar-refractivity contribution in [3.63, 3.8) is 0 Å². The maximum Gasteiger partial charge on any atom is 0.573 e. The molecule has 1 unspecified atom stereocenters. The predicted octanol–water partition coefficient (Wildman–Crippen LogP) is 4.03. The van der Waals surface area contributed by atoms with Gasteiger partial charge in [-0.05, 0) is 35.4 Å². The molecule has 0 aliphatic carbocycles. The van der Waals surface area contributed by atoms with Gasteiger partial charge in [0.25, 0.3) is 5.91 Å². The number of nitrogens with one attached hydrogen (secondary N) is 1. The van der Waals surface area contributed by atoms with E-state index in [0.717, 1.165) is 35.1 Å². The zero-order chi connectivity index (χ0) is 32.8. The number of aryl methyl sites for hydroxylation is 1. The van der Waals surface area contributed by atoms with Crippen LogP contribution in [0, 0.1) is 5.82 Å². The van der Waals surface area contributed by atoms with E-state index < -0.39 is 54.1 Å². The van der Waals surface area contributed by atoms with Gasteiger partial charge in [0, 0.05) is 38.3 Å². The summed E-state index contributed by atoms with van der Waals surface area (Å²) < 4.78 is 110. The maximum absolute atomic E-state index is 14.6. The Hall–Kier alpha value is -4.97. The van der Waals surface area contributed by atoms with Crippen LogP contribution < -0.4 is 10.1 Å². The summed E-state index contributed by atoms with van der Waals surface area (Å²) >= 11 is 0. The van der Waals surface area contributed by atoms with Crippen molar-refractivity contribution < 1.29 is 49.4 Å². The molecule has 19 heteroatoms. The van der Waals surface area contributed by atoms with Gasteiger partial charge in [-0.15, -0.1) is 23.4 Å². The minimum Gasteiger partial charge on any atom is -0.406 e. The Morgan fingerprint density at radius 3 is 2.40 bits per heavy atom. The number of alkyl halides is 7. The number of nitrogens with zero attached hydrogens (tertiary/aromatic N) is 7. The molecule has 0 spiro atoms. The van der Waals surface area contributed by atoms with Crippen molar-refractivity contribution in [2.45, 2.75) is 57.6 Å². The van der Waals surface area contributed by atoms with Crippen molar-refractivity contribution in [3.8, 4) is 5.75 Å². The van der Waals surface area contributed by atoms with E-state index in [4.69, 9.17) is 0 Å². The van der Waals surface area contributed by atoms with Gasteiger partial charge in [-0.3, -0.25) is 19.3 Å². The number of carbonyl (C=O) groups is 2. The molecule has 45 heavy (non-hydrogen) atoms. The van der Waals surface area contributed by atoms with E-state index in [1.165, 1.54) is 23.1 Å². The number of hydrogen-bond acceptors (Lipinski definition) is 8. The van der Waals surface area contributed by atoms with Crippen LogP contribution in [0.15, 0.2) is 48.9 Å². The molecule has 240 valence electrons. The molecule has 0 bridgehead atoms. The van der Waals surface area contributed by atoms with E-state index in [-0.39, 0.29) is 49.4 Å². The Bertz CT molecular complexity index is 1620. The SMILES string of the molecule is O=C(Cc1cn(CC(F)CCn2cc(C(=O)NCc3ccc(C(F)(F)F)nc3)nn2)nn1)Cc1cc(OC(F)(F)F)ccc1F. The molecule has 1 N–H and O–H groups in total. The average Bonchev–Trinajstić information content (AvgIpc) is 3.61. The van der Waals surface area contributed by atoms with Crippen molar-refractivity contribution >= 4 is 11.7 Å². The predicted molar refractivity (Wildman–Crippen MR) is 135 cm³/mol. The Labute approximate surface area is 248 Å². The number of ether oxygens (including phenoxy) is 1. The maximum atomic E-state index is 14.6. The third kappa shape index (κ3) is 10.0. The summed E-state index contributed by atoms with van der Waals surface area (Å²) in [5.41, 5.74) is -1.01. The van der Waals surface area contributed by atoms with E-state index in [9.17, 15) is 44.7 Å². The lowest BCUT2D eigenvalue weighted by Gasteiger charge is -2.10. The first-order valence-corrected chi connectivity index (χ1v) is 12.9. The Morgan fingerprint density at radius 2 is 1.71 bits per heavy atom. The minimum absolute atomic E-state index is 0.0208. The quantitative estimate of drug-likeness (QED) is 0.216. The highest BCUT2D eigenvalue weighted by atomic mass is 19.4. The van der Waals surface area contributed by atoms with Crippen molar-refractivity contribution in [1.29, 1.82) is 0 Å².